The van der Waals surface area contributed by atoms with Crippen LogP contribution in [0.1, 0.15) is 139 Å². The van der Waals surface area contributed by atoms with Gasteiger partial charge in [0, 0.05) is 125 Å². The Morgan fingerprint density at radius 1 is 0.529 bits per heavy atom. The van der Waals surface area contributed by atoms with Crippen molar-refractivity contribution in [3.8, 4) is 5.75 Å². The van der Waals surface area contributed by atoms with Crippen LogP contribution in [-0.4, -0.2) is 329 Å². The zero-order valence-electron chi connectivity index (χ0n) is 77.2. The van der Waals surface area contributed by atoms with Gasteiger partial charge in [-0.1, -0.05) is 88.1 Å². The van der Waals surface area contributed by atoms with Gasteiger partial charge >= 0.3 is 11.9 Å². The van der Waals surface area contributed by atoms with E-state index in [-0.39, 0.29) is 89.5 Å². The van der Waals surface area contributed by atoms with Crippen LogP contribution in [0.5, 0.6) is 5.75 Å². The lowest BCUT2D eigenvalue weighted by molar-refractivity contribution is -0.149. The molecule has 3 aliphatic heterocycles. The van der Waals surface area contributed by atoms with E-state index in [1.165, 1.54) is 58.8 Å². The average molecular weight is 1910 g/mol. The van der Waals surface area contributed by atoms with Gasteiger partial charge < -0.3 is 130 Å². The number of carbonyl (C=O) groups is 18. The molecule has 6 heterocycles. The summed E-state index contributed by atoms with van der Waals surface area (Å²) in [7, 11) is 5.37. The van der Waals surface area contributed by atoms with Crippen molar-refractivity contribution < 1.29 is 106 Å². The predicted molar refractivity (Wildman–Crippen MR) is 496 cm³/mol. The van der Waals surface area contributed by atoms with Crippen LogP contribution in [0.3, 0.4) is 0 Å². The summed E-state index contributed by atoms with van der Waals surface area (Å²) in [6.07, 6.45) is 1.32. The number of hydrogen-bond donors (Lipinski definition) is 19. The van der Waals surface area contributed by atoms with E-state index in [2.05, 4.69) is 73.1 Å². The molecule has 0 aliphatic carbocycles. The molecule has 0 radical (unpaired) electrons. The van der Waals surface area contributed by atoms with E-state index in [0.717, 1.165) is 31.4 Å². The van der Waals surface area contributed by atoms with Gasteiger partial charge in [0.2, 0.25) is 94.5 Å². The Morgan fingerprint density at radius 2 is 1.07 bits per heavy atom. The molecular weight excluding hydrogens is 1790 g/mol. The Kier molecular flexibility index (Phi) is 40.0. The molecule has 15 atom stereocenters. The third kappa shape index (κ3) is 29.2. The lowest BCUT2D eigenvalue weighted by Crippen LogP contribution is -2.61. The number of carbonyl (C=O) groups excluding carboxylic acids is 16. The lowest BCUT2D eigenvalue weighted by Gasteiger charge is -2.36. The molecule has 44 nitrogen and oxygen atoms in total. The first-order valence-corrected chi connectivity index (χ1v) is 46.6. The molecule has 3 aromatic heterocycles. The van der Waals surface area contributed by atoms with Crippen LogP contribution in [0.4, 0.5) is 0 Å². The van der Waals surface area contributed by atoms with Gasteiger partial charge in [-0.3, -0.25) is 86.3 Å². The maximum Gasteiger partial charge on any atom is 0.305 e. The number of unbranched alkanes of at least 4 members (excludes halogenated alkanes) is 2. The molecule has 3 aliphatic rings. The topological polar surface area (TPSA) is 652 Å². The normalized spacial score (nSPS) is 24.6. The maximum absolute atomic E-state index is 15.8. The molecule has 3 saturated heterocycles. The molecule has 0 unspecified atom stereocenters. The monoisotopic (exact) mass is 1910 g/mol. The molecule has 3 aromatic carbocycles. The Morgan fingerprint density at radius 3 is 1.66 bits per heavy atom. The number of fused-ring (bicyclic) bond motifs is 4. The second kappa shape index (κ2) is 51.2. The minimum absolute atomic E-state index is 0.00513. The van der Waals surface area contributed by atoms with E-state index in [1.807, 2.05) is 13.8 Å². The van der Waals surface area contributed by atoms with Crippen LogP contribution >= 0.6 is 11.8 Å². The second-order valence-corrected chi connectivity index (χ2v) is 35.3. The number of aliphatic hydroxyl groups is 1. The van der Waals surface area contributed by atoms with Crippen molar-refractivity contribution in [2.45, 2.75) is 233 Å². The average Bonchev–Trinajstić information content (AvgIpc) is 1.58. The number of amides is 16. The van der Waals surface area contributed by atoms with Crippen LogP contribution < -0.4 is 75.1 Å². The number of aliphatic hydroxyl groups excluding tert-OH is 1. The largest absolute Gasteiger partial charge is 0.497 e. The molecule has 9 rings (SSSR count). The highest BCUT2D eigenvalue weighted by molar-refractivity contribution is 8.00. The zero-order valence-corrected chi connectivity index (χ0v) is 78.0. The number of hydrogen-bond acceptors (Lipinski definition) is 24. The Labute approximate surface area is 789 Å². The van der Waals surface area contributed by atoms with Crippen molar-refractivity contribution in [3.05, 3.63) is 120 Å². The van der Waals surface area contributed by atoms with Crippen molar-refractivity contribution in [1.29, 1.82) is 0 Å². The number of likely N-dealkylation sites (N-methyl/N-ethyl adjacent to an activating group) is 3. The fourth-order valence-corrected chi connectivity index (χ4v) is 17.6. The van der Waals surface area contributed by atoms with Crippen molar-refractivity contribution in [2.75, 3.05) is 72.5 Å². The number of carboxylic acid groups (broad SMARTS) is 2. The number of primary amides is 1. The summed E-state index contributed by atoms with van der Waals surface area (Å²) in [5.41, 5.74) is 20.3. The van der Waals surface area contributed by atoms with Crippen LogP contribution in [0.2, 0.25) is 0 Å². The number of ether oxygens (including phenoxy) is 1. The third-order valence-corrected chi connectivity index (χ3v) is 25.5. The summed E-state index contributed by atoms with van der Waals surface area (Å²) in [5.74, 6) is -18.9. The van der Waals surface area contributed by atoms with Gasteiger partial charge in [0.15, 0.2) is 0 Å². The Balaban J connectivity index is 1.11. The first-order chi connectivity index (χ1) is 65.0. The predicted octanol–water partition coefficient (Wildman–Crippen LogP) is -2.38. The van der Waals surface area contributed by atoms with Crippen molar-refractivity contribution in [3.63, 3.8) is 0 Å². The molecule has 0 saturated carbocycles. The van der Waals surface area contributed by atoms with E-state index in [9.17, 15) is 63.3 Å². The fourth-order valence-electron chi connectivity index (χ4n) is 16.8. The van der Waals surface area contributed by atoms with Gasteiger partial charge in [0.1, 0.15) is 90.3 Å². The molecule has 0 bridgehead atoms. The number of benzene rings is 3. The van der Waals surface area contributed by atoms with Crippen LogP contribution in [0.15, 0.2) is 97.7 Å². The van der Waals surface area contributed by atoms with Crippen molar-refractivity contribution in [2.24, 2.45) is 17.2 Å². The highest BCUT2D eigenvalue weighted by Gasteiger charge is 2.47. The second-order valence-electron chi connectivity index (χ2n) is 34.2. The minimum atomic E-state index is -2.08. The number of nitrogens with two attached hydrogens (primary N) is 3. The Hall–Kier alpha value is -13.6. The first-order valence-electron chi connectivity index (χ1n) is 45.5. The van der Waals surface area contributed by atoms with E-state index >= 15 is 38.4 Å². The Bertz CT molecular complexity index is 5230. The molecular formula is C91H126N22O22S. The summed E-state index contributed by atoms with van der Waals surface area (Å²) in [5, 5.41) is 59.5. The number of imidazole rings is 1. The van der Waals surface area contributed by atoms with E-state index in [1.54, 1.807) is 79.0 Å². The SMILES string of the molecule is CCCC[C@H]1C(=O)N(C)[C@@H](CCCC)C(=O)N[C@@H](CCCN)C(=O)N[C@H](C(=O)NCC(N)=O)CSCC(=O)N[C@@H](Cc2ccc(OC)cc2)C(=O)N(C)[C@@H](C)C(=O)N[C@H](CCN)C(=O)N2CCC[C@H]2C(=O)N[C@@H](Cc2cnc[nH]2)C(=O)N[C@@H](CCC(=O)O)C(=O)N2C[C@H](O)C[C@H]2C(=O)N[C@@H](Cc2c[nH]c3ccccc23)C(=O)N[C@@H](CC(=O)O)C(=O)N[C@@H](Cc2c[nH]c3ccccc23)C(=O)N1C. The number of aromatic nitrogens is 4. The van der Waals surface area contributed by atoms with Gasteiger partial charge in [-0.05, 0) is 112 Å². The van der Waals surface area contributed by atoms with Crippen molar-refractivity contribution in [1.82, 2.24) is 97.6 Å². The van der Waals surface area contributed by atoms with Crippen LogP contribution in [0, 0.1) is 0 Å². The first kappa shape index (κ1) is 106. The molecule has 16 amide bonds. The highest BCUT2D eigenvalue weighted by atomic mass is 32.2. The van der Waals surface area contributed by atoms with Gasteiger partial charge in [-0.15, -0.1) is 11.8 Å². The number of rotatable bonds is 28. The number of nitrogens with zero attached hydrogens (tertiary/aromatic N) is 6. The van der Waals surface area contributed by atoms with Crippen molar-refractivity contribution >= 4 is 140 Å². The van der Waals surface area contributed by atoms with Crippen LogP contribution in [0.25, 0.3) is 21.8 Å². The quantitative estimate of drug-likeness (QED) is 0.0244. The summed E-state index contributed by atoms with van der Waals surface area (Å²) >= 11 is 0.802. The summed E-state index contributed by atoms with van der Waals surface area (Å²) in [4.78, 5) is 282. The van der Waals surface area contributed by atoms with E-state index < -0.39 is 254 Å². The standard InChI is InChI=1S/C91H126N22O22S/c1-8-10-23-70-84(127)101-61(22-16-33-92)80(123)108-69(79(122)98-45-74(94)115)47-136-48-75(116)100-67(36-51-26-28-56(135-7)29-27-51)87(130)109(4)50(3)78(121)102-63(32-34-93)89(132)112-35-17-25-71(112)85(128)106-65(39-54-44-95-49-99-54)82(125)103-62(30-31-76(117)118)90(133)113-46-55(114)40-73(113)86(129)105-64(37-52-42-96-59-20-14-12-18-57(52)59)81(124)104-66(41-77(119)120)83(126)107-68(38-53-43-97-60-21-15-13-19-58(53)60)88(131)111(6)72(24-11-9-2)91(134)110(70)5/h12-15,18-21,26-29,42-44,49-50,55,61-73,96-97,114H,8-11,16-17,22-25,30-41,45-48,92-93H2,1-7H3,(H2,94,115)(H,95,99)(H,98,122)(H,100,116)(H,101,127)(H,102,121)(H,103,125)(H,104,124)(H,105,129)(H,106,128)(H,107,126)(H,108,123)(H,117,118)(H,119,120)/t50-,55+,61-,62-,63+,64-,65-,66-,67-,68-,69-,70-,71-,72-,73-/m0/s1. The smallest absolute Gasteiger partial charge is 0.305 e. The molecule has 0 spiro atoms. The number of carboxylic acids is 2. The van der Waals surface area contributed by atoms with E-state index in [4.69, 9.17) is 21.9 Å². The number of aromatic amines is 3. The zero-order chi connectivity index (χ0) is 99.1. The molecule has 22 N–H and O–H groups in total. The molecule has 738 valence electrons. The van der Waals surface area contributed by atoms with Gasteiger partial charge in [-0.25, -0.2) is 4.98 Å². The maximum atomic E-state index is 15.8. The minimum Gasteiger partial charge on any atom is -0.497 e. The lowest BCUT2D eigenvalue weighted by atomic mass is 9.99. The van der Waals surface area contributed by atoms with Gasteiger partial charge in [0.05, 0.1) is 38.3 Å². The van der Waals surface area contributed by atoms with Crippen LogP contribution in [-0.2, 0) is 112 Å². The highest BCUT2D eigenvalue weighted by Crippen LogP contribution is 2.28. The number of methoxy groups -OCH3 is 1. The number of H-pyrrole nitrogens is 3. The molecule has 136 heavy (non-hydrogen) atoms. The fraction of sp³-hybridized carbons (Fsp3) is 0.527. The van der Waals surface area contributed by atoms with Gasteiger partial charge in [0.25, 0.3) is 0 Å². The summed E-state index contributed by atoms with van der Waals surface area (Å²) < 4.78 is 5.35. The number of thioether (sulfide) groups is 1. The summed E-state index contributed by atoms with van der Waals surface area (Å²) in [6, 6.07) is -2.03. The molecule has 45 heteroatoms. The summed E-state index contributed by atoms with van der Waals surface area (Å²) in [6.45, 7) is 3.43. The number of nitrogens with one attached hydrogen (secondary N) is 13. The van der Waals surface area contributed by atoms with Gasteiger partial charge in [-0.2, -0.15) is 0 Å². The molecule has 6 aromatic rings. The number of aliphatic carboxylic acids is 2. The number of para-hydroxylation sites is 2. The third-order valence-electron chi connectivity index (χ3n) is 24.4. The van der Waals surface area contributed by atoms with E-state index in [0.29, 0.717) is 69.9 Å². The molecule has 3 fully saturated rings.